The average Bonchev–Trinajstić information content (AvgIpc) is 2.86. The maximum Gasteiger partial charge on any atom is 0.311 e. The van der Waals surface area contributed by atoms with E-state index in [1.165, 1.54) is 11.1 Å². The van der Waals surface area contributed by atoms with Gasteiger partial charge in [-0.15, -0.1) is 0 Å². The maximum atomic E-state index is 12.4. The first-order valence-corrected chi connectivity index (χ1v) is 13.5. The summed E-state index contributed by atoms with van der Waals surface area (Å²) in [6, 6.07) is 14.4. The van der Waals surface area contributed by atoms with Crippen LogP contribution in [0.2, 0.25) is 0 Å². The molecule has 0 heterocycles. The van der Waals surface area contributed by atoms with E-state index in [2.05, 4.69) is 55.7 Å². The first-order valence-electron chi connectivity index (χ1n) is 13.1. The van der Waals surface area contributed by atoms with E-state index in [0.717, 1.165) is 12.0 Å². The minimum atomic E-state index is -0.546. The third-order valence-electron chi connectivity index (χ3n) is 6.01. The van der Waals surface area contributed by atoms with E-state index in [9.17, 15) is 4.79 Å². The van der Waals surface area contributed by atoms with Crippen LogP contribution < -0.4 is 25.8 Å². The normalized spacial score (nSPS) is 12.4. The molecule has 0 aliphatic heterocycles. The molecule has 210 valence electrons. The summed E-state index contributed by atoms with van der Waals surface area (Å²) in [5.41, 5.74) is 8.56. The van der Waals surface area contributed by atoms with Crippen LogP contribution >= 0.6 is 12.2 Å². The number of esters is 1. The van der Waals surface area contributed by atoms with E-state index in [1.54, 1.807) is 7.11 Å². The molecule has 7 nitrogen and oxygen atoms in total. The van der Waals surface area contributed by atoms with Crippen LogP contribution in [0.4, 0.5) is 0 Å². The van der Waals surface area contributed by atoms with Crippen molar-refractivity contribution in [1.29, 1.82) is 0 Å². The molecule has 0 spiro atoms. The van der Waals surface area contributed by atoms with Crippen molar-refractivity contribution < 1.29 is 19.0 Å². The van der Waals surface area contributed by atoms with Gasteiger partial charge in [-0.1, -0.05) is 51.1 Å². The predicted molar refractivity (Wildman–Crippen MR) is 158 cm³/mol. The van der Waals surface area contributed by atoms with E-state index in [0.29, 0.717) is 49.5 Å². The molecule has 1 atom stereocenters. The second-order valence-electron chi connectivity index (χ2n) is 11.6. The highest BCUT2D eigenvalue weighted by Crippen LogP contribution is 2.28. The molecule has 2 rings (SSSR count). The Bertz CT molecular complexity index is 1040. The van der Waals surface area contributed by atoms with E-state index >= 15 is 0 Å². The molecule has 0 amide bonds. The van der Waals surface area contributed by atoms with Gasteiger partial charge in [0.1, 0.15) is 6.61 Å². The van der Waals surface area contributed by atoms with Crippen LogP contribution in [0.25, 0.3) is 0 Å². The fourth-order valence-corrected chi connectivity index (χ4v) is 3.82. The monoisotopic (exact) mass is 543 g/mol. The summed E-state index contributed by atoms with van der Waals surface area (Å²) in [7, 11) is 1.61. The fraction of sp³-hybridized carbons (Fsp3) is 0.533. The number of hydrogen-bond acceptors (Lipinski definition) is 6. The van der Waals surface area contributed by atoms with Crippen LogP contribution in [0.5, 0.6) is 11.5 Å². The SMILES string of the molecule is COc1cc(CNC(=S)NCC(COC(=O)C(C)(C)C)Cc2ccc(C(C)(C)C)cc2)ccc1OCCN. The Morgan fingerprint density at radius 2 is 1.63 bits per heavy atom. The Labute approximate surface area is 233 Å². The lowest BCUT2D eigenvalue weighted by molar-refractivity contribution is -0.154. The van der Waals surface area contributed by atoms with Crippen molar-refractivity contribution in [3.8, 4) is 11.5 Å². The summed E-state index contributed by atoms with van der Waals surface area (Å²) in [5.74, 6) is 1.15. The topological polar surface area (TPSA) is 94.8 Å². The zero-order valence-electron chi connectivity index (χ0n) is 24.0. The molecule has 1 unspecified atom stereocenters. The minimum Gasteiger partial charge on any atom is -0.493 e. The first kappa shape index (κ1) is 31.4. The number of nitrogens with two attached hydrogens (primary N) is 1. The third kappa shape index (κ3) is 10.5. The van der Waals surface area contributed by atoms with Crippen LogP contribution in [0, 0.1) is 11.3 Å². The van der Waals surface area contributed by atoms with Crippen molar-refractivity contribution in [2.24, 2.45) is 17.1 Å². The van der Waals surface area contributed by atoms with E-state index in [1.807, 2.05) is 39.0 Å². The molecule has 0 radical (unpaired) electrons. The Kier molecular flexibility index (Phi) is 11.9. The highest BCUT2D eigenvalue weighted by atomic mass is 32.1. The molecule has 0 aliphatic rings. The van der Waals surface area contributed by atoms with E-state index in [-0.39, 0.29) is 17.3 Å². The van der Waals surface area contributed by atoms with Gasteiger partial charge in [-0.25, -0.2) is 0 Å². The molecule has 38 heavy (non-hydrogen) atoms. The van der Waals surface area contributed by atoms with Crippen LogP contribution in [0.1, 0.15) is 58.2 Å². The van der Waals surface area contributed by atoms with Crippen LogP contribution in [-0.2, 0) is 27.9 Å². The van der Waals surface area contributed by atoms with Gasteiger partial charge in [0, 0.05) is 25.6 Å². The smallest absolute Gasteiger partial charge is 0.311 e. The number of carbonyl (C=O) groups excluding carboxylic acids is 1. The van der Waals surface area contributed by atoms with Gasteiger partial charge in [-0.05, 0) is 73.6 Å². The Balaban J connectivity index is 1.98. The van der Waals surface area contributed by atoms with Crippen molar-refractivity contribution >= 4 is 23.3 Å². The lowest BCUT2D eigenvalue weighted by Crippen LogP contribution is -2.39. The Morgan fingerprint density at radius 3 is 2.21 bits per heavy atom. The summed E-state index contributed by atoms with van der Waals surface area (Å²) in [5, 5.41) is 7.07. The largest absolute Gasteiger partial charge is 0.493 e. The first-order chi connectivity index (χ1) is 17.8. The van der Waals surface area contributed by atoms with Gasteiger partial charge < -0.3 is 30.6 Å². The van der Waals surface area contributed by atoms with Gasteiger partial charge in [0.25, 0.3) is 0 Å². The van der Waals surface area contributed by atoms with Crippen molar-refractivity contribution in [3.63, 3.8) is 0 Å². The lowest BCUT2D eigenvalue weighted by Gasteiger charge is -2.23. The number of nitrogens with one attached hydrogen (secondary N) is 2. The fourth-order valence-electron chi connectivity index (χ4n) is 3.67. The van der Waals surface area contributed by atoms with Gasteiger partial charge in [-0.2, -0.15) is 0 Å². The number of thiocarbonyl (C=S) groups is 1. The second kappa shape index (κ2) is 14.4. The summed E-state index contributed by atoms with van der Waals surface area (Å²) in [6.45, 7) is 14.5. The Hall–Kier alpha value is -2.84. The maximum absolute atomic E-state index is 12.4. The predicted octanol–water partition coefficient (Wildman–Crippen LogP) is 4.74. The van der Waals surface area contributed by atoms with Gasteiger partial charge >= 0.3 is 5.97 Å². The van der Waals surface area contributed by atoms with Crippen LogP contribution in [0.15, 0.2) is 42.5 Å². The molecule has 4 N–H and O–H groups in total. The van der Waals surface area contributed by atoms with Gasteiger partial charge in [0.2, 0.25) is 0 Å². The summed E-state index contributed by atoms with van der Waals surface area (Å²) in [6.07, 6.45) is 0.763. The second-order valence-corrected chi connectivity index (χ2v) is 12.0. The lowest BCUT2D eigenvalue weighted by atomic mass is 9.86. The molecule has 0 saturated heterocycles. The van der Waals surface area contributed by atoms with Crippen molar-refractivity contribution in [2.45, 2.75) is 59.9 Å². The molecule has 2 aromatic rings. The molecule has 0 aliphatic carbocycles. The number of rotatable bonds is 12. The van der Waals surface area contributed by atoms with Gasteiger partial charge in [0.05, 0.1) is 19.1 Å². The highest BCUT2D eigenvalue weighted by molar-refractivity contribution is 7.80. The third-order valence-corrected chi connectivity index (χ3v) is 6.30. The highest BCUT2D eigenvalue weighted by Gasteiger charge is 2.24. The van der Waals surface area contributed by atoms with Gasteiger partial charge in [-0.3, -0.25) is 4.79 Å². The number of ether oxygens (including phenoxy) is 3. The van der Waals surface area contributed by atoms with Crippen molar-refractivity contribution in [2.75, 3.05) is 33.4 Å². The van der Waals surface area contributed by atoms with Gasteiger partial charge in [0.15, 0.2) is 16.6 Å². The molecule has 0 bridgehead atoms. The van der Waals surface area contributed by atoms with E-state index < -0.39 is 5.41 Å². The zero-order chi connectivity index (χ0) is 28.3. The quantitative estimate of drug-likeness (QED) is 0.261. The molecule has 2 aromatic carbocycles. The Morgan fingerprint density at radius 1 is 0.974 bits per heavy atom. The van der Waals surface area contributed by atoms with Crippen LogP contribution in [0.3, 0.4) is 0 Å². The number of methoxy groups -OCH3 is 1. The molecule has 8 heteroatoms. The van der Waals surface area contributed by atoms with Crippen LogP contribution in [-0.4, -0.2) is 44.5 Å². The molecule has 0 fully saturated rings. The standard InChI is InChI=1S/C30H45N3O4S/c1-29(2,3)24-11-8-21(9-12-24)16-23(20-37-27(34)30(4,5)6)19-33-28(38)32-18-22-10-13-25(36-15-14-31)26(17-22)35-7/h8-13,17,23H,14-16,18-20,31H2,1-7H3,(H2,32,33,38). The average molecular weight is 544 g/mol. The molecular weight excluding hydrogens is 498 g/mol. The molecular formula is C30H45N3O4S. The molecule has 0 aromatic heterocycles. The summed E-state index contributed by atoms with van der Waals surface area (Å²) >= 11 is 5.53. The van der Waals surface area contributed by atoms with Crippen molar-refractivity contribution in [1.82, 2.24) is 10.6 Å². The number of hydrogen-bond donors (Lipinski definition) is 3. The van der Waals surface area contributed by atoms with E-state index in [4.69, 9.17) is 32.2 Å². The number of carbonyl (C=O) groups is 1. The minimum absolute atomic E-state index is 0.0561. The number of benzene rings is 2. The van der Waals surface area contributed by atoms with Crippen molar-refractivity contribution in [3.05, 3.63) is 59.2 Å². The summed E-state index contributed by atoms with van der Waals surface area (Å²) < 4.78 is 16.7. The molecule has 0 saturated carbocycles. The summed E-state index contributed by atoms with van der Waals surface area (Å²) in [4.78, 5) is 12.4. The zero-order valence-corrected chi connectivity index (χ0v) is 24.8.